The molecule has 0 bridgehead atoms. The maximum atomic E-state index is 11.9. The zero-order valence-corrected chi connectivity index (χ0v) is 12.3. The summed E-state index contributed by atoms with van der Waals surface area (Å²) in [5.74, 6) is -0.802. The molecule has 1 amide bonds. The Labute approximate surface area is 122 Å². The van der Waals surface area contributed by atoms with Crippen molar-refractivity contribution in [3.05, 3.63) is 35.1 Å². The molecule has 0 saturated heterocycles. The summed E-state index contributed by atoms with van der Waals surface area (Å²) in [6, 6.07) is 3.44. The minimum atomic E-state index is -0.668. The SMILES string of the molecule is CCC(C)(C)NC(=O)Cn1nc(-c2cccnc2)oc1=O. The van der Waals surface area contributed by atoms with Crippen LogP contribution in [0.1, 0.15) is 27.2 Å². The molecule has 0 spiro atoms. The van der Waals surface area contributed by atoms with Gasteiger partial charge in [-0.05, 0) is 32.4 Å². The van der Waals surface area contributed by atoms with Crippen molar-refractivity contribution in [2.75, 3.05) is 0 Å². The fraction of sp³-hybridized carbons (Fsp3) is 0.429. The maximum Gasteiger partial charge on any atom is 0.437 e. The van der Waals surface area contributed by atoms with Crippen LogP contribution in [0, 0.1) is 0 Å². The highest BCUT2D eigenvalue weighted by atomic mass is 16.4. The van der Waals surface area contributed by atoms with Gasteiger partial charge in [0.05, 0.1) is 5.56 Å². The largest absolute Gasteiger partial charge is 0.437 e. The molecule has 1 N–H and O–H groups in total. The summed E-state index contributed by atoms with van der Waals surface area (Å²) in [6.07, 6.45) is 3.93. The highest BCUT2D eigenvalue weighted by molar-refractivity contribution is 5.76. The van der Waals surface area contributed by atoms with Crippen LogP contribution in [0.4, 0.5) is 0 Å². The molecule has 0 unspecified atom stereocenters. The van der Waals surface area contributed by atoms with Crippen molar-refractivity contribution in [2.24, 2.45) is 0 Å². The normalized spacial score (nSPS) is 11.4. The van der Waals surface area contributed by atoms with Crippen LogP contribution in [0.3, 0.4) is 0 Å². The predicted molar refractivity (Wildman–Crippen MR) is 76.5 cm³/mol. The van der Waals surface area contributed by atoms with Crippen molar-refractivity contribution in [3.63, 3.8) is 0 Å². The monoisotopic (exact) mass is 290 g/mol. The number of hydrogen-bond acceptors (Lipinski definition) is 5. The first-order valence-corrected chi connectivity index (χ1v) is 6.70. The fourth-order valence-corrected chi connectivity index (χ4v) is 1.65. The van der Waals surface area contributed by atoms with Gasteiger partial charge in [-0.1, -0.05) is 6.92 Å². The molecule has 2 aromatic heterocycles. The van der Waals surface area contributed by atoms with E-state index in [1.165, 1.54) is 6.20 Å². The Bertz CT molecular complexity index is 673. The predicted octanol–water partition coefficient (Wildman–Crippen LogP) is 1.20. The third-order valence-corrected chi connectivity index (χ3v) is 3.17. The minimum absolute atomic E-state index is 0.149. The van der Waals surface area contributed by atoms with Crippen LogP contribution in [0.25, 0.3) is 11.5 Å². The van der Waals surface area contributed by atoms with Crippen LogP contribution in [0.15, 0.2) is 33.7 Å². The first-order valence-electron chi connectivity index (χ1n) is 6.70. The van der Waals surface area contributed by atoms with E-state index in [2.05, 4.69) is 15.4 Å². The molecule has 112 valence electrons. The standard InChI is InChI=1S/C14H18N4O3/c1-4-14(2,3)16-11(19)9-18-13(20)21-12(17-18)10-6-5-7-15-8-10/h5-8H,4,9H2,1-3H3,(H,16,19). The van der Waals surface area contributed by atoms with Gasteiger partial charge in [0.15, 0.2) is 0 Å². The number of aromatic nitrogens is 3. The summed E-state index contributed by atoms with van der Waals surface area (Å²) in [5.41, 5.74) is 0.263. The van der Waals surface area contributed by atoms with Crippen molar-refractivity contribution in [1.29, 1.82) is 0 Å². The Morgan fingerprint density at radius 3 is 2.86 bits per heavy atom. The topological polar surface area (TPSA) is 90.0 Å². The molecular formula is C14H18N4O3. The number of nitrogens with one attached hydrogen (secondary N) is 1. The number of rotatable bonds is 5. The highest BCUT2D eigenvalue weighted by Gasteiger charge is 2.19. The molecule has 0 atom stereocenters. The zero-order chi connectivity index (χ0) is 15.5. The second kappa shape index (κ2) is 5.90. The van der Waals surface area contributed by atoms with E-state index in [0.29, 0.717) is 5.56 Å². The maximum absolute atomic E-state index is 11.9. The molecule has 7 nitrogen and oxygen atoms in total. The van der Waals surface area contributed by atoms with E-state index < -0.39 is 5.76 Å². The number of hydrogen-bond donors (Lipinski definition) is 1. The summed E-state index contributed by atoms with van der Waals surface area (Å²) in [5, 5.41) is 6.85. The van der Waals surface area contributed by atoms with Crippen molar-refractivity contribution >= 4 is 5.91 Å². The van der Waals surface area contributed by atoms with E-state index in [1.807, 2.05) is 20.8 Å². The number of amides is 1. The molecular weight excluding hydrogens is 272 g/mol. The Kier molecular flexibility index (Phi) is 4.21. The summed E-state index contributed by atoms with van der Waals surface area (Å²) in [6.45, 7) is 5.63. The van der Waals surface area contributed by atoms with Gasteiger partial charge in [-0.15, -0.1) is 5.10 Å². The molecule has 7 heteroatoms. The van der Waals surface area contributed by atoms with Gasteiger partial charge in [0.2, 0.25) is 5.91 Å². The van der Waals surface area contributed by atoms with Crippen molar-refractivity contribution < 1.29 is 9.21 Å². The lowest BCUT2D eigenvalue weighted by Crippen LogP contribution is -2.45. The second-order valence-electron chi connectivity index (χ2n) is 5.36. The average Bonchev–Trinajstić information content (AvgIpc) is 2.80. The van der Waals surface area contributed by atoms with Gasteiger partial charge in [0.25, 0.3) is 5.89 Å². The lowest BCUT2D eigenvalue weighted by molar-refractivity contribution is -0.123. The van der Waals surface area contributed by atoms with Crippen LogP contribution < -0.4 is 11.1 Å². The summed E-state index contributed by atoms with van der Waals surface area (Å²) in [4.78, 5) is 27.6. The molecule has 0 fully saturated rings. The van der Waals surface area contributed by atoms with Gasteiger partial charge in [0.1, 0.15) is 6.54 Å². The number of nitrogens with zero attached hydrogens (tertiary/aromatic N) is 3. The number of carbonyl (C=O) groups excluding carboxylic acids is 1. The molecule has 2 heterocycles. The van der Waals surface area contributed by atoms with Gasteiger partial charge in [-0.2, -0.15) is 4.68 Å². The first-order chi connectivity index (χ1) is 9.91. The number of carbonyl (C=O) groups is 1. The Morgan fingerprint density at radius 1 is 1.48 bits per heavy atom. The van der Waals surface area contributed by atoms with Crippen LogP contribution in [-0.2, 0) is 11.3 Å². The Balaban J connectivity index is 2.14. The summed E-state index contributed by atoms with van der Waals surface area (Å²) in [7, 11) is 0. The van der Waals surface area contributed by atoms with E-state index >= 15 is 0 Å². The smallest absolute Gasteiger partial charge is 0.388 e. The molecule has 21 heavy (non-hydrogen) atoms. The zero-order valence-electron chi connectivity index (χ0n) is 12.3. The Hall–Kier alpha value is -2.44. The van der Waals surface area contributed by atoms with Crippen molar-refractivity contribution in [2.45, 2.75) is 39.3 Å². The molecule has 0 aliphatic rings. The summed E-state index contributed by atoms with van der Waals surface area (Å²) >= 11 is 0. The quantitative estimate of drug-likeness (QED) is 0.893. The van der Waals surface area contributed by atoms with Gasteiger partial charge < -0.3 is 9.73 Å². The lowest BCUT2D eigenvalue weighted by atomic mass is 10.0. The van der Waals surface area contributed by atoms with Crippen LogP contribution in [0.5, 0.6) is 0 Å². The van der Waals surface area contributed by atoms with E-state index in [1.54, 1.807) is 18.3 Å². The molecule has 2 aromatic rings. The number of pyridine rings is 1. The highest BCUT2D eigenvalue weighted by Crippen LogP contribution is 2.12. The van der Waals surface area contributed by atoms with Crippen LogP contribution >= 0.6 is 0 Å². The van der Waals surface area contributed by atoms with E-state index in [9.17, 15) is 9.59 Å². The average molecular weight is 290 g/mol. The van der Waals surface area contributed by atoms with Gasteiger partial charge in [-0.25, -0.2) is 4.79 Å². The molecule has 0 radical (unpaired) electrons. The van der Waals surface area contributed by atoms with Gasteiger partial charge in [0, 0.05) is 17.9 Å². The van der Waals surface area contributed by atoms with Gasteiger partial charge >= 0.3 is 5.76 Å². The first kappa shape index (κ1) is 15.0. The van der Waals surface area contributed by atoms with E-state index in [0.717, 1.165) is 11.1 Å². The molecule has 0 aliphatic heterocycles. The van der Waals surface area contributed by atoms with E-state index in [4.69, 9.17) is 4.42 Å². The van der Waals surface area contributed by atoms with Crippen molar-refractivity contribution in [3.8, 4) is 11.5 Å². The van der Waals surface area contributed by atoms with Crippen LogP contribution in [-0.4, -0.2) is 26.2 Å². The third-order valence-electron chi connectivity index (χ3n) is 3.17. The summed E-state index contributed by atoms with van der Waals surface area (Å²) < 4.78 is 6.04. The third kappa shape index (κ3) is 3.77. The molecule has 0 aliphatic carbocycles. The second-order valence-corrected chi connectivity index (χ2v) is 5.36. The van der Waals surface area contributed by atoms with Gasteiger partial charge in [-0.3, -0.25) is 9.78 Å². The Morgan fingerprint density at radius 2 is 2.24 bits per heavy atom. The molecule has 0 saturated carbocycles. The minimum Gasteiger partial charge on any atom is -0.388 e. The molecule has 2 rings (SSSR count). The van der Waals surface area contributed by atoms with Crippen molar-refractivity contribution in [1.82, 2.24) is 20.1 Å². The fourth-order valence-electron chi connectivity index (χ4n) is 1.65. The van der Waals surface area contributed by atoms with Crippen LogP contribution in [0.2, 0.25) is 0 Å². The van der Waals surface area contributed by atoms with E-state index in [-0.39, 0.29) is 23.9 Å². The molecule has 0 aromatic carbocycles. The lowest BCUT2D eigenvalue weighted by Gasteiger charge is -2.24.